The van der Waals surface area contributed by atoms with Crippen molar-refractivity contribution in [3.05, 3.63) is 76.2 Å². The third kappa shape index (κ3) is 5.37. The minimum Gasteiger partial charge on any atom is -0.483 e. The Kier molecular flexibility index (Phi) is 7.20. The third-order valence-electron chi connectivity index (χ3n) is 6.81. The maximum absolute atomic E-state index is 13.6. The normalized spacial score (nSPS) is 17.3. The second kappa shape index (κ2) is 10.5. The zero-order valence-corrected chi connectivity index (χ0v) is 21.4. The molecule has 36 heavy (non-hydrogen) atoms. The largest absolute Gasteiger partial charge is 0.483 e. The van der Waals surface area contributed by atoms with Gasteiger partial charge in [-0.2, -0.15) is 9.78 Å². The van der Waals surface area contributed by atoms with Crippen molar-refractivity contribution in [2.24, 2.45) is 0 Å². The van der Waals surface area contributed by atoms with E-state index in [2.05, 4.69) is 9.82 Å². The Balaban J connectivity index is 1.39. The van der Waals surface area contributed by atoms with Crippen LogP contribution in [0.25, 0.3) is 5.69 Å². The number of para-hydroxylation sites is 1. The molecule has 0 radical (unpaired) electrons. The summed E-state index contributed by atoms with van der Waals surface area (Å²) < 4.78 is 36.2. The van der Waals surface area contributed by atoms with Crippen molar-refractivity contribution < 1.29 is 13.2 Å². The Labute approximate surface area is 215 Å². The molecule has 0 amide bonds. The zero-order chi connectivity index (χ0) is 25.1. The third-order valence-corrected chi connectivity index (χ3v) is 8.91. The number of ether oxygens (including phenoxy) is 1. The van der Waals surface area contributed by atoms with Crippen LogP contribution >= 0.6 is 11.6 Å². The molecule has 1 saturated heterocycles. The van der Waals surface area contributed by atoms with E-state index in [9.17, 15) is 13.2 Å². The lowest BCUT2D eigenvalue weighted by Gasteiger charge is -2.34. The fourth-order valence-corrected chi connectivity index (χ4v) is 6.54. The molecule has 2 fully saturated rings. The van der Waals surface area contributed by atoms with Gasteiger partial charge in [0, 0.05) is 23.8 Å². The number of nitrogens with zero attached hydrogens (tertiary/aromatic N) is 3. The van der Waals surface area contributed by atoms with Gasteiger partial charge in [-0.15, -0.1) is 0 Å². The van der Waals surface area contributed by atoms with Crippen LogP contribution in [0.2, 0.25) is 5.02 Å². The molecule has 2 aromatic carbocycles. The number of hydrogen-bond acceptors (Lipinski definition) is 6. The molecule has 0 bridgehead atoms. The maximum Gasteiger partial charge on any atom is 0.316 e. The van der Waals surface area contributed by atoms with Gasteiger partial charge in [0.15, 0.2) is 0 Å². The molecule has 1 saturated carbocycles. The summed E-state index contributed by atoms with van der Waals surface area (Å²) in [7, 11) is -3.53. The summed E-state index contributed by atoms with van der Waals surface area (Å²) in [5.74, 6) is 0.264. The quantitative estimate of drug-likeness (QED) is 0.481. The van der Waals surface area contributed by atoms with Gasteiger partial charge in [0.2, 0.25) is 15.8 Å². The fourth-order valence-electron chi connectivity index (χ4n) is 4.89. The van der Waals surface area contributed by atoms with Gasteiger partial charge in [0.05, 0.1) is 23.2 Å². The van der Waals surface area contributed by atoms with Gasteiger partial charge in [-0.05, 0) is 68.9 Å². The van der Waals surface area contributed by atoms with Crippen molar-refractivity contribution >= 4 is 33.0 Å². The number of benzene rings is 2. The van der Waals surface area contributed by atoms with Crippen LogP contribution in [0.3, 0.4) is 0 Å². The number of sulfonamides is 1. The van der Waals surface area contributed by atoms with Crippen LogP contribution in [0.4, 0.5) is 11.4 Å². The van der Waals surface area contributed by atoms with Crippen LogP contribution in [0.15, 0.2) is 65.6 Å². The molecule has 3 aromatic rings. The predicted octanol–water partition coefficient (Wildman–Crippen LogP) is 4.62. The smallest absolute Gasteiger partial charge is 0.316 e. The molecule has 2 heterocycles. The highest BCUT2D eigenvalue weighted by Crippen LogP contribution is 2.32. The molecule has 1 aliphatic carbocycles. The first kappa shape index (κ1) is 24.6. The zero-order valence-electron chi connectivity index (χ0n) is 19.8. The predicted molar refractivity (Wildman–Crippen MR) is 142 cm³/mol. The van der Waals surface area contributed by atoms with Crippen LogP contribution in [0.5, 0.6) is 5.75 Å². The Morgan fingerprint density at radius 1 is 0.972 bits per heavy atom. The van der Waals surface area contributed by atoms with Crippen LogP contribution < -0.4 is 19.9 Å². The number of nitrogens with one attached hydrogen (secondary N) is 1. The summed E-state index contributed by atoms with van der Waals surface area (Å²) >= 11 is 6.14. The molecule has 0 unspecified atom stereocenters. The summed E-state index contributed by atoms with van der Waals surface area (Å²) in [4.78, 5) is 15.6. The Morgan fingerprint density at radius 3 is 2.39 bits per heavy atom. The van der Waals surface area contributed by atoms with Gasteiger partial charge in [-0.3, -0.25) is 9.52 Å². The van der Waals surface area contributed by atoms with Crippen LogP contribution in [-0.2, 0) is 10.0 Å². The second-order valence-corrected chi connectivity index (χ2v) is 11.7. The van der Waals surface area contributed by atoms with Crippen molar-refractivity contribution in [3.8, 4) is 11.4 Å². The maximum atomic E-state index is 13.6. The van der Waals surface area contributed by atoms with Gasteiger partial charge in [-0.1, -0.05) is 35.9 Å². The summed E-state index contributed by atoms with van der Waals surface area (Å²) in [5, 5.41) is 4.41. The lowest BCUT2D eigenvalue weighted by Crippen LogP contribution is -2.42. The first-order valence-corrected chi connectivity index (χ1v) is 14.2. The highest BCUT2D eigenvalue weighted by atomic mass is 35.5. The van der Waals surface area contributed by atoms with Gasteiger partial charge < -0.3 is 9.64 Å². The van der Waals surface area contributed by atoms with Gasteiger partial charge in [0.1, 0.15) is 5.69 Å². The van der Waals surface area contributed by atoms with E-state index >= 15 is 0 Å². The monoisotopic (exact) mass is 528 g/mol. The number of aromatic nitrogens is 2. The second-order valence-electron chi connectivity index (χ2n) is 9.28. The molecule has 190 valence electrons. The van der Waals surface area contributed by atoms with Gasteiger partial charge in [0.25, 0.3) is 0 Å². The van der Waals surface area contributed by atoms with E-state index in [1.165, 1.54) is 4.68 Å². The lowest BCUT2D eigenvalue weighted by atomic mass is 10.1. The summed E-state index contributed by atoms with van der Waals surface area (Å²) in [6, 6.07) is 15.9. The van der Waals surface area contributed by atoms with E-state index in [0.717, 1.165) is 25.7 Å². The highest BCUT2D eigenvalue weighted by Gasteiger charge is 2.32. The van der Waals surface area contributed by atoms with Gasteiger partial charge >= 0.3 is 5.56 Å². The number of anilines is 2. The molecule has 1 N–H and O–H groups in total. The van der Waals surface area contributed by atoms with E-state index in [1.807, 2.05) is 11.0 Å². The molecular weight excluding hydrogens is 500 g/mol. The first-order chi connectivity index (χ1) is 17.4. The molecule has 1 aromatic heterocycles. The van der Waals surface area contributed by atoms with Gasteiger partial charge in [-0.25, -0.2) is 8.42 Å². The molecule has 0 atom stereocenters. The Bertz CT molecular complexity index is 1370. The molecule has 0 spiro atoms. The standard InChI is InChI=1S/C26H29ClN4O4S/c27-19-7-6-10-21(17-19)31-26(32)25(35-22-11-4-5-12-22)24(18-28-31)30-15-13-23(14-16-30)36(33,34)29-20-8-2-1-3-9-20/h1-3,6-10,17-18,22-23,29H,4-5,11-16H2. The molecular formula is C26H29ClN4O4S. The van der Waals surface area contributed by atoms with Crippen molar-refractivity contribution in [2.45, 2.75) is 49.9 Å². The SMILES string of the molecule is O=c1c(OC2CCCC2)c(N2CCC(S(=O)(=O)Nc3ccccc3)CC2)cnn1-c1cccc(Cl)c1. The van der Waals surface area contributed by atoms with E-state index in [4.69, 9.17) is 16.3 Å². The van der Waals surface area contributed by atoms with Crippen LogP contribution in [0.1, 0.15) is 38.5 Å². The topological polar surface area (TPSA) is 93.5 Å². The summed E-state index contributed by atoms with van der Waals surface area (Å²) in [6.07, 6.45) is 6.46. The van der Waals surface area contributed by atoms with Crippen LogP contribution in [-0.4, -0.2) is 42.6 Å². The Morgan fingerprint density at radius 2 is 1.69 bits per heavy atom. The number of rotatable bonds is 7. The summed E-state index contributed by atoms with van der Waals surface area (Å²) in [6.45, 7) is 0.952. The Hall–Kier alpha value is -3.04. The number of halogens is 1. The van der Waals surface area contributed by atoms with E-state index < -0.39 is 15.3 Å². The minimum atomic E-state index is -3.53. The van der Waals surface area contributed by atoms with Crippen molar-refractivity contribution in [3.63, 3.8) is 0 Å². The molecule has 8 nitrogen and oxygen atoms in total. The summed E-state index contributed by atoms with van der Waals surface area (Å²) in [5.41, 5.74) is 1.38. The average Bonchev–Trinajstić information content (AvgIpc) is 3.39. The van der Waals surface area contributed by atoms with E-state index in [1.54, 1.807) is 54.7 Å². The first-order valence-electron chi connectivity index (χ1n) is 12.3. The molecule has 10 heteroatoms. The minimum absolute atomic E-state index is 0.0142. The number of piperidine rings is 1. The average molecular weight is 529 g/mol. The van der Waals surface area contributed by atoms with Crippen LogP contribution in [0, 0.1) is 0 Å². The van der Waals surface area contributed by atoms with Crippen molar-refractivity contribution in [2.75, 3.05) is 22.7 Å². The van der Waals surface area contributed by atoms with Crippen molar-refractivity contribution in [1.29, 1.82) is 0 Å². The highest BCUT2D eigenvalue weighted by molar-refractivity contribution is 7.93. The van der Waals surface area contributed by atoms with E-state index in [-0.39, 0.29) is 17.4 Å². The number of hydrogen-bond donors (Lipinski definition) is 1. The van der Waals surface area contributed by atoms with Crippen molar-refractivity contribution in [1.82, 2.24) is 9.78 Å². The lowest BCUT2D eigenvalue weighted by molar-refractivity contribution is 0.206. The fraction of sp³-hybridized carbons (Fsp3) is 0.385. The molecule has 2 aliphatic rings. The molecule has 5 rings (SSSR count). The molecule has 1 aliphatic heterocycles. The van der Waals surface area contributed by atoms with E-state index in [0.29, 0.717) is 48.0 Å².